The molecule has 1 fully saturated rings. The normalized spacial score (nSPS) is 19.6. The number of rotatable bonds is 2. The number of benzene rings is 1. The lowest BCUT2D eigenvalue weighted by Crippen LogP contribution is -2.28. The Hall–Kier alpha value is -1.27. The Morgan fingerprint density at radius 3 is 3.05 bits per heavy atom. The Labute approximate surface area is 118 Å². The Bertz CT molecular complexity index is 581. The number of nitrogens with one attached hydrogen (secondary N) is 1. The first kappa shape index (κ1) is 12.7. The van der Waals surface area contributed by atoms with Crippen LogP contribution in [-0.2, 0) is 0 Å². The molecule has 3 rings (SSSR count). The fourth-order valence-corrected chi connectivity index (χ4v) is 2.77. The summed E-state index contributed by atoms with van der Waals surface area (Å²) < 4.78 is 19.0. The molecule has 0 amide bonds. The molecule has 2 aromatic rings. The fraction of sp³-hybridized carbons (Fsp3) is 0.385. The molecule has 4 nitrogen and oxygen atoms in total. The van der Waals surface area contributed by atoms with E-state index in [1.54, 1.807) is 6.07 Å². The summed E-state index contributed by atoms with van der Waals surface area (Å²) in [7, 11) is 0. The van der Waals surface area contributed by atoms with Crippen LogP contribution in [0.5, 0.6) is 0 Å². The first-order chi connectivity index (χ1) is 9.24. The van der Waals surface area contributed by atoms with Gasteiger partial charge in [-0.15, -0.1) is 0 Å². The molecular weight excluding hydrogens is 313 g/mol. The van der Waals surface area contributed by atoms with Crippen LogP contribution < -0.4 is 5.32 Å². The molecule has 1 atom stereocenters. The molecule has 6 heteroatoms. The van der Waals surface area contributed by atoms with Crippen molar-refractivity contribution in [1.29, 1.82) is 0 Å². The van der Waals surface area contributed by atoms with Crippen molar-refractivity contribution in [3.63, 3.8) is 0 Å². The standard InChI is InChI=1S/C13H13BrFN3O/c14-11-6-9(15)3-4-10(11)12-17-13(19-18-12)8-2-1-5-16-7-8/h3-4,6,8,16H,1-2,5,7H2/t8-/m1/s1. The third-order valence-corrected chi connectivity index (χ3v) is 3.92. The highest BCUT2D eigenvalue weighted by Crippen LogP contribution is 2.29. The first-order valence-corrected chi connectivity index (χ1v) is 7.03. The summed E-state index contributed by atoms with van der Waals surface area (Å²) in [6.45, 7) is 1.91. The van der Waals surface area contributed by atoms with E-state index in [4.69, 9.17) is 4.52 Å². The molecule has 1 aliphatic heterocycles. The van der Waals surface area contributed by atoms with E-state index >= 15 is 0 Å². The van der Waals surface area contributed by atoms with Gasteiger partial charge in [-0.05, 0) is 53.5 Å². The number of piperidine rings is 1. The molecule has 0 aliphatic carbocycles. The van der Waals surface area contributed by atoms with Gasteiger partial charge in [0.1, 0.15) is 5.82 Å². The molecule has 100 valence electrons. The highest BCUT2D eigenvalue weighted by atomic mass is 79.9. The van der Waals surface area contributed by atoms with Crippen molar-refractivity contribution in [1.82, 2.24) is 15.5 Å². The lowest BCUT2D eigenvalue weighted by molar-refractivity contribution is 0.322. The van der Waals surface area contributed by atoms with Gasteiger partial charge in [0.15, 0.2) is 0 Å². The van der Waals surface area contributed by atoms with Crippen molar-refractivity contribution in [2.24, 2.45) is 0 Å². The van der Waals surface area contributed by atoms with Gasteiger partial charge in [0, 0.05) is 16.6 Å². The van der Waals surface area contributed by atoms with Gasteiger partial charge in [-0.3, -0.25) is 0 Å². The molecule has 1 aliphatic rings. The smallest absolute Gasteiger partial charge is 0.231 e. The van der Waals surface area contributed by atoms with Crippen molar-refractivity contribution in [2.75, 3.05) is 13.1 Å². The van der Waals surface area contributed by atoms with E-state index in [1.165, 1.54) is 12.1 Å². The van der Waals surface area contributed by atoms with Crippen LogP contribution in [0.3, 0.4) is 0 Å². The quantitative estimate of drug-likeness (QED) is 0.921. The molecule has 1 aromatic heterocycles. The van der Waals surface area contributed by atoms with E-state index < -0.39 is 0 Å². The van der Waals surface area contributed by atoms with Crippen LogP contribution in [0, 0.1) is 5.82 Å². The average Bonchev–Trinajstić information content (AvgIpc) is 2.89. The SMILES string of the molecule is Fc1ccc(-c2noc([C@@H]3CCCNC3)n2)c(Br)c1. The Morgan fingerprint density at radius 2 is 2.32 bits per heavy atom. The molecule has 1 aromatic carbocycles. The van der Waals surface area contributed by atoms with Crippen molar-refractivity contribution in [3.05, 3.63) is 34.4 Å². The molecule has 19 heavy (non-hydrogen) atoms. The largest absolute Gasteiger partial charge is 0.339 e. The summed E-state index contributed by atoms with van der Waals surface area (Å²) in [5, 5.41) is 7.30. The van der Waals surface area contributed by atoms with E-state index in [-0.39, 0.29) is 11.7 Å². The van der Waals surface area contributed by atoms with Crippen molar-refractivity contribution >= 4 is 15.9 Å². The van der Waals surface area contributed by atoms with E-state index in [0.717, 1.165) is 31.5 Å². The van der Waals surface area contributed by atoms with Gasteiger partial charge in [0.25, 0.3) is 0 Å². The van der Waals surface area contributed by atoms with Gasteiger partial charge in [0.2, 0.25) is 11.7 Å². The van der Waals surface area contributed by atoms with Crippen LogP contribution in [0.2, 0.25) is 0 Å². The monoisotopic (exact) mass is 325 g/mol. The van der Waals surface area contributed by atoms with E-state index in [2.05, 4.69) is 31.4 Å². The highest BCUT2D eigenvalue weighted by molar-refractivity contribution is 9.10. The van der Waals surface area contributed by atoms with E-state index in [1.807, 2.05) is 0 Å². The third-order valence-electron chi connectivity index (χ3n) is 3.26. The summed E-state index contributed by atoms with van der Waals surface area (Å²) in [5.41, 5.74) is 0.736. The minimum atomic E-state index is -0.296. The first-order valence-electron chi connectivity index (χ1n) is 6.24. The minimum Gasteiger partial charge on any atom is -0.339 e. The molecule has 0 saturated carbocycles. The molecule has 0 bridgehead atoms. The van der Waals surface area contributed by atoms with Crippen LogP contribution in [0.25, 0.3) is 11.4 Å². The van der Waals surface area contributed by atoms with Gasteiger partial charge in [-0.1, -0.05) is 5.16 Å². The second-order valence-corrected chi connectivity index (χ2v) is 5.48. The Kier molecular flexibility index (Phi) is 3.61. The Balaban J connectivity index is 1.87. The molecular formula is C13H13BrFN3O. The third kappa shape index (κ3) is 2.69. The van der Waals surface area contributed by atoms with Crippen molar-refractivity contribution in [2.45, 2.75) is 18.8 Å². The Morgan fingerprint density at radius 1 is 1.42 bits per heavy atom. The number of nitrogens with zero attached hydrogens (tertiary/aromatic N) is 2. The molecule has 0 unspecified atom stereocenters. The van der Waals surface area contributed by atoms with Crippen LogP contribution in [0.1, 0.15) is 24.7 Å². The summed E-state index contributed by atoms with van der Waals surface area (Å²) >= 11 is 3.32. The predicted molar refractivity (Wildman–Crippen MR) is 72.2 cm³/mol. The van der Waals surface area contributed by atoms with Crippen LogP contribution in [0.15, 0.2) is 27.2 Å². The van der Waals surface area contributed by atoms with Crippen molar-refractivity contribution < 1.29 is 8.91 Å². The number of halogens is 2. The van der Waals surface area contributed by atoms with Gasteiger partial charge < -0.3 is 9.84 Å². The second kappa shape index (κ2) is 5.38. The molecule has 1 N–H and O–H groups in total. The number of hydrogen-bond donors (Lipinski definition) is 1. The fourth-order valence-electron chi connectivity index (χ4n) is 2.24. The zero-order valence-corrected chi connectivity index (χ0v) is 11.8. The summed E-state index contributed by atoms with van der Waals surface area (Å²) in [6.07, 6.45) is 2.17. The lowest BCUT2D eigenvalue weighted by atomic mass is 10.00. The summed E-state index contributed by atoms with van der Waals surface area (Å²) in [5.74, 6) is 1.12. The molecule has 0 radical (unpaired) electrons. The molecule has 1 saturated heterocycles. The van der Waals surface area contributed by atoms with Crippen LogP contribution in [0.4, 0.5) is 4.39 Å². The number of aromatic nitrogens is 2. The zero-order valence-electron chi connectivity index (χ0n) is 10.2. The van der Waals surface area contributed by atoms with E-state index in [9.17, 15) is 4.39 Å². The van der Waals surface area contributed by atoms with Crippen molar-refractivity contribution in [3.8, 4) is 11.4 Å². The maximum absolute atomic E-state index is 13.1. The van der Waals surface area contributed by atoms with Gasteiger partial charge in [-0.2, -0.15) is 4.98 Å². The van der Waals surface area contributed by atoms with Gasteiger partial charge in [0.05, 0.1) is 5.92 Å². The van der Waals surface area contributed by atoms with Gasteiger partial charge in [-0.25, -0.2) is 4.39 Å². The maximum atomic E-state index is 13.1. The second-order valence-electron chi connectivity index (χ2n) is 4.62. The summed E-state index contributed by atoms with van der Waals surface area (Å²) in [6, 6.07) is 4.43. The van der Waals surface area contributed by atoms with Crippen LogP contribution >= 0.6 is 15.9 Å². The van der Waals surface area contributed by atoms with Gasteiger partial charge >= 0.3 is 0 Å². The predicted octanol–water partition coefficient (Wildman–Crippen LogP) is 3.11. The average molecular weight is 326 g/mol. The molecule has 0 spiro atoms. The lowest BCUT2D eigenvalue weighted by Gasteiger charge is -2.18. The molecule has 2 heterocycles. The minimum absolute atomic E-state index is 0.272. The van der Waals surface area contributed by atoms with E-state index in [0.29, 0.717) is 16.2 Å². The van der Waals surface area contributed by atoms with Crippen LogP contribution in [-0.4, -0.2) is 23.2 Å². The highest BCUT2D eigenvalue weighted by Gasteiger charge is 2.22. The zero-order chi connectivity index (χ0) is 13.2. The topological polar surface area (TPSA) is 51.0 Å². The summed E-state index contributed by atoms with van der Waals surface area (Å²) in [4.78, 5) is 4.42. The maximum Gasteiger partial charge on any atom is 0.231 e. The number of hydrogen-bond acceptors (Lipinski definition) is 4.